The summed E-state index contributed by atoms with van der Waals surface area (Å²) in [6.45, 7) is 0.823. The maximum absolute atomic E-state index is 14.0. The lowest BCUT2D eigenvalue weighted by atomic mass is 10.0. The average Bonchev–Trinajstić information content (AvgIpc) is 3.32. The van der Waals surface area contributed by atoms with Crippen molar-refractivity contribution in [3.05, 3.63) is 29.6 Å². The molecule has 5 heteroatoms. The van der Waals surface area contributed by atoms with Gasteiger partial charge >= 0.3 is 0 Å². The molecule has 0 radical (unpaired) electrons. The molecule has 2 aliphatic carbocycles. The van der Waals surface area contributed by atoms with Crippen molar-refractivity contribution < 1.29 is 8.78 Å². The van der Waals surface area contributed by atoms with E-state index in [4.69, 9.17) is 11.6 Å². The summed E-state index contributed by atoms with van der Waals surface area (Å²) in [7, 11) is 0. The molecule has 0 spiro atoms. The lowest BCUT2D eigenvalue weighted by Gasteiger charge is -2.17. The van der Waals surface area contributed by atoms with Crippen molar-refractivity contribution in [1.82, 2.24) is 9.55 Å². The number of halogens is 3. The van der Waals surface area contributed by atoms with E-state index in [1.807, 2.05) is 4.57 Å². The summed E-state index contributed by atoms with van der Waals surface area (Å²) in [5.41, 5.74) is 1.18. The zero-order chi connectivity index (χ0) is 14.6. The molecule has 2 aliphatic rings. The monoisotopic (exact) mass is 310 g/mol. The Morgan fingerprint density at radius 1 is 1.29 bits per heavy atom. The number of hydrogen-bond donors (Lipinski definition) is 0. The highest BCUT2D eigenvalue weighted by Gasteiger charge is 2.54. The molecule has 112 valence electrons. The number of alkyl halides is 1. The molecule has 21 heavy (non-hydrogen) atoms. The Balaban J connectivity index is 1.82. The van der Waals surface area contributed by atoms with Crippen LogP contribution < -0.4 is 0 Å². The third-order valence-corrected chi connectivity index (χ3v) is 5.17. The highest BCUT2D eigenvalue weighted by molar-refractivity contribution is 6.17. The molecule has 0 amide bonds. The van der Waals surface area contributed by atoms with Gasteiger partial charge in [0.25, 0.3) is 0 Å². The Morgan fingerprint density at radius 3 is 2.67 bits per heavy atom. The number of rotatable bonds is 5. The topological polar surface area (TPSA) is 17.8 Å². The number of hydrogen-bond acceptors (Lipinski definition) is 1. The second-order valence-corrected chi connectivity index (χ2v) is 6.82. The summed E-state index contributed by atoms with van der Waals surface area (Å²) in [6, 6.07) is 2.30. The molecule has 0 unspecified atom stereocenters. The van der Waals surface area contributed by atoms with Gasteiger partial charge in [0.15, 0.2) is 5.82 Å². The first-order valence-electron chi connectivity index (χ1n) is 7.53. The van der Waals surface area contributed by atoms with E-state index in [2.05, 4.69) is 4.98 Å². The van der Waals surface area contributed by atoms with Crippen LogP contribution in [0, 0.1) is 23.0 Å². The molecule has 2 saturated carbocycles. The molecular formula is C16H17ClF2N2. The van der Waals surface area contributed by atoms with E-state index in [1.54, 1.807) is 0 Å². The Bertz CT molecular complexity index is 702. The van der Waals surface area contributed by atoms with Crippen LogP contribution in [0.4, 0.5) is 8.78 Å². The first-order chi connectivity index (χ1) is 10.1. The lowest BCUT2D eigenvalue weighted by Crippen LogP contribution is -2.16. The Hall–Kier alpha value is -1.16. The van der Waals surface area contributed by atoms with Crippen molar-refractivity contribution in [3.8, 4) is 0 Å². The summed E-state index contributed by atoms with van der Waals surface area (Å²) >= 11 is 5.85. The molecule has 2 fully saturated rings. The van der Waals surface area contributed by atoms with Crippen LogP contribution in [0.25, 0.3) is 11.0 Å². The van der Waals surface area contributed by atoms with Crippen LogP contribution in [0.15, 0.2) is 12.1 Å². The van der Waals surface area contributed by atoms with Crippen molar-refractivity contribution in [2.24, 2.45) is 11.3 Å². The first-order valence-corrected chi connectivity index (χ1v) is 8.06. The van der Waals surface area contributed by atoms with Gasteiger partial charge in [0.2, 0.25) is 0 Å². The van der Waals surface area contributed by atoms with Crippen LogP contribution in [-0.2, 0) is 13.0 Å². The minimum absolute atomic E-state index is 0.267. The second kappa shape index (κ2) is 4.67. The van der Waals surface area contributed by atoms with Crippen LogP contribution in [0.3, 0.4) is 0 Å². The largest absolute Gasteiger partial charge is 0.327 e. The van der Waals surface area contributed by atoms with E-state index in [9.17, 15) is 8.78 Å². The zero-order valence-corrected chi connectivity index (χ0v) is 12.5. The molecule has 4 rings (SSSR count). The van der Waals surface area contributed by atoms with Gasteiger partial charge in [-0.05, 0) is 43.1 Å². The lowest BCUT2D eigenvalue weighted by molar-refractivity contribution is 0.369. The maximum atomic E-state index is 14.0. The standard InChI is InChI=1S/C16H17ClF2N2/c17-6-3-14-20-15-12(19)7-11(18)8-13(15)21(14)9-16(4-5-16)10-1-2-10/h7-8,10H,1-6,9H2. The van der Waals surface area contributed by atoms with E-state index < -0.39 is 11.6 Å². The van der Waals surface area contributed by atoms with Crippen molar-refractivity contribution in [2.45, 2.75) is 38.6 Å². The van der Waals surface area contributed by atoms with Crippen LogP contribution in [0.1, 0.15) is 31.5 Å². The molecule has 0 bridgehead atoms. The average molecular weight is 311 g/mol. The molecule has 0 aliphatic heterocycles. The molecule has 0 N–H and O–H groups in total. The minimum Gasteiger partial charge on any atom is -0.327 e. The van der Waals surface area contributed by atoms with Crippen LogP contribution in [-0.4, -0.2) is 15.4 Å². The molecule has 2 aromatic rings. The van der Waals surface area contributed by atoms with Gasteiger partial charge in [-0.25, -0.2) is 13.8 Å². The zero-order valence-electron chi connectivity index (χ0n) is 11.7. The molecule has 1 aromatic heterocycles. The fraction of sp³-hybridized carbons (Fsp3) is 0.562. The summed E-state index contributed by atoms with van der Waals surface area (Å²) in [4.78, 5) is 4.37. The molecule has 0 atom stereocenters. The van der Waals surface area contributed by atoms with Crippen molar-refractivity contribution in [3.63, 3.8) is 0 Å². The molecular weight excluding hydrogens is 294 g/mol. The SMILES string of the molecule is Fc1cc(F)c2nc(CCCl)n(CC3(C4CC4)CC3)c2c1. The number of benzene rings is 1. The normalized spacial score (nSPS) is 20.1. The number of nitrogens with zero attached hydrogens (tertiary/aromatic N) is 2. The van der Waals surface area contributed by atoms with Crippen LogP contribution in [0.5, 0.6) is 0 Å². The van der Waals surface area contributed by atoms with Crippen LogP contribution in [0.2, 0.25) is 0 Å². The van der Waals surface area contributed by atoms with Crippen LogP contribution >= 0.6 is 11.6 Å². The predicted octanol–water partition coefficient (Wildman–Crippen LogP) is 4.29. The molecule has 1 heterocycles. The van der Waals surface area contributed by atoms with Gasteiger partial charge in [-0.3, -0.25) is 0 Å². The third-order valence-electron chi connectivity index (χ3n) is 4.98. The highest BCUT2D eigenvalue weighted by atomic mass is 35.5. The minimum atomic E-state index is -0.587. The maximum Gasteiger partial charge on any atom is 0.153 e. The summed E-state index contributed by atoms with van der Waals surface area (Å²) in [6.07, 6.45) is 5.60. The predicted molar refractivity (Wildman–Crippen MR) is 78.5 cm³/mol. The van der Waals surface area contributed by atoms with Gasteiger partial charge in [0.1, 0.15) is 17.2 Å². The fourth-order valence-electron chi connectivity index (χ4n) is 3.52. The summed E-state index contributed by atoms with van der Waals surface area (Å²) in [5.74, 6) is 0.864. The smallest absolute Gasteiger partial charge is 0.153 e. The summed E-state index contributed by atoms with van der Waals surface area (Å²) < 4.78 is 29.5. The van der Waals surface area contributed by atoms with Crippen molar-refractivity contribution in [2.75, 3.05) is 5.88 Å². The van der Waals surface area contributed by atoms with Gasteiger partial charge in [-0.1, -0.05) is 0 Å². The van der Waals surface area contributed by atoms with Gasteiger partial charge in [0.05, 0.1) is 5.52 Å². The second-order valence-electron chi connectivity index (χ2n) is 6.45. The van der Waals surface area contributed by atoms with Gasteiger partial charge in [-0.2, -0.15) is 0 Å². The van der Waals surface area contributed by atoms with Gasteiger partial charge < -0.3 is 4.57 Å². The number of aromatic nitrogens is 2. The molecule has 0 saturated heterocycles. The summed E-state index contributed by atoms with van der Waals surface area (Å²) in [5, 5.41) is 0. The quantitative estimate of drug-likeness (QED) is 0.753. The first kappa shape index (κ1) is 13.5. The van der Waals surface area contributed by atoms with Crippen molar-refractivity contribution in [1.29, 1.82) is 0 Å². The van der Waals surface area contributed by atoms with Gasteiger partial charge in [-0.15, -0.1) is 11.6 Å². The Labute approximate surface area is 127 Å². The molecule has 2 nitrogen and oxygen atoms in total. The highest BCUT2D eigenvalue weighted by Crippen LogP contribution is 2.62. The van der Waals surface area contributed by atoms with E-state index >= 15 is 0 Å². The van der Waals surface area contributed by atoms with E-state index in [1.165, 1.54) is 31.7 Å². The fourth-order valence-corrected chi connectivity index (χ4v) is 3.68. The number of imidazole rings is 1. The van der Waals surface area contributed by atoms with Crippen molar-refractivity contribution >= 4 is 22.6 Å². The van der Waals surface area contributed by atoms with Gasteiger partial charge in [0, 0.05) is 24.9 Å². The number of aryl methyl sites for hydroxylation is 1. The van der Waals surface area contributed by atoms with E-state index in [0.717, 1.165) is 24.4 Å². The Morgan fingerprint density at radius 2 is 2.05 bits per heavy atom. The Kier molecular flexibility index (Phi) is 3.00. The molecule has 1 aromatic carbocycles. The van der Waals surface area contributed by atoms with E-state index in [0.29, 0.717) is 23.2 Å². The third kappa shape index (κ3) is 2.24. The van der Waals surface area contributed by atoms with E-state index in [-0.39, 0.29) is 5.52 Å². The number of fused-ring (bicyclic) bond motifs is 1.